The number of nitrogens with two attached hydrogens (primary N) is 1. The zero-order valence-corrected chi connectivity index (χ0v) is 9.00. The molecule has 0 bridgehead atoms. The molecular formula is C6H4Br2N4. The third-order valence-corrected chi connectivity index (χ3v) is 3.43. The summed E-state index contributed by atoms with van der Waals surface area (Å²) in [5.41, 5.74) is 6.43. The third-order valence-electron chi connectivity index (χ3n) is 1.50. The summed E-state index contributed by atoms with van der Waals surface area (Å²) in [4.78, 5) is 3.88. The van der Waals surface area contributed by atoms with E-state index in [2.05, 4.69) is 41.9 Å². The zero-order valence-electron chi connectivity index (χ0n) is 5.83. The molecule has 0 unspecified atom stereocenters. The van der Waals surface area contributed by atoms with Crippen LogP contribution in [0, 0.1) is 0 Å². The molecule has 0 aliphatic rings. The standard InChI is InChI=1S/C6H4Br2N4/c7-3-1-12-5(4(3)8)6(9)10-2-11-12/h1-2H,(H2,9,10,11). The molecule has 6 heteroatoms. The van der Waals surface area contributed by atoms with Crippen molar-refractivity contribution in [1.82, 2.24) is 14.6 Å². The predicted molar refractivity (Wildman–Crippen MR) is 52.8 cm³/mol. The Morgan fingerprint density at radius 3 is 2.83 bits per heavy atom. The summed E-state index contributed by atoms with van der Waals surface area (Å²) in [5, 5.41) is 3.99. The van der Waals surface area contributed by atoms with Crippen LogP contribution in [0.2, 0.25) is 0 Å². The van der Waals surface area contributed by atoms with E-state index in [4.69, 9.17) is 5.73 Å². The van der Waals surface area contributed by atoms with Gasteiger partial charge in [-0.15, -0.1) is 0 Å². The van der Waals surface area contributed by atoms with Gasteiger partial charge in [-0.25, -0.2) is 9.50 Å². The van der Waals surface area contributed by atoms with Crippen LogP contribution in [0.4, 0.5) is 5.82 Å². The Kier molecular flexibility index (Phi) is 1.80. The molecule has 4 nitrogen and oxygen atoms in total. The summed E-state index contributed by atoms with van der Waals surface area (Å²) in [6.45, 7) is 0. The third kappa shape index (κ3) is 1.02. The molecule has 0 aliphatic carbocycles. The van der Waals surface area contributed by atoms with Gasteiger partial charge in [0.25, 0.3) is 0 Å². The Hall–Kier alpha value is -0.620. The monoisotopic (exact) mass is 290 g/mol. The molecule has 0 saturated carbocycles. The Balaban J connectivity index is 2.97. The first-order valence-electron chi connectivity index (χ1n) is 3.13. The summed E-state index contributed by atoms with van der Waals surface area (Å²) in [6, 6.07) is 0. The van der Waals surface area contributed by atoms with E-state index >= 15 is 0 Å². The van der Waals surface area contributed by atoms with Gasteiger partial charge in [0.15, 0.2) is 5.82 Å². The zero-order chi connectivity index (χ0) is 8.72. The largest absolute Gasteiger partial charge is 0.382 e. The highest BCUT2D eigenvalue weighted by atomic mass is 79.9. The van der Waals surface area contributed by atoms with Crippen LogP contribution in [0.25, 0.3) is 5.52 Å². The van der Waals surface area contributed by atoms with E-state index in [9.17, 15) is 0 Å². The Labute approximate surface area is 85.0 Å². The van der Waals surface area contributed by atoms with Crippen LogP contribution >= 0.6 is 31.9 Å². The lowest BCUT2D eigenvalue weighted by Crippen LogP contribution is -1.97. The molecule has 2 aromatic rings. The number of anilines is 1. The van der Waals surface area contributed by atoms with Gasteiger partial charge in [0.2, 0.25) is 0 Å². The molecule has 2 N–H and O–H groups in total. The molecule has 12 heavy (non-hydrogen) atoms. The molecule has 0 fully saturated rings. The highest BCUT2D eigenvalue weighted by Crippen LogP contribution is 2.30. The highest BCUT2D eigenvalue weighted by molar-refractivity contribution is 9.13. The van der Waals surface area contributed by atoms with Crippen LogP contribution in [-0.2, 0) is 0 Å². The summed E-state index contributed by atoms with van der Waals surface area (Å²) in [5.74, 6) is 0.461. The molecule has 2 heterocycles. The average molecular weight is 292 g/mol. The number of rotatable bonds is 0. The quantitative estimate of drug-likeness (QED) is 0.806. The van der Waals surface area contributed by atoms with E-state index in [1.807, 2.05) is 6.20 Å². The van der Waals surface area contributed by atoms with Crippen molar-refractivity contribution in [1.29, 1.82) is 0 Å². The topological polar surface area (TPSA) is 56.2 Å². The molecule has 0 atom stereocenters. The lowest BCUT2D eigenvalue weighted by Gasteiger charge is -1.95. The van der Waals surface area contributed by atoms with E-state index in [1.54, 1.807) is 4.52 Å². The van der Waals surface area contributed by atoms with Crippen LogP contribution in [0.3, 0.4) is 0 Å². The Morgan fingerprint density at radius 2 is 2.17 bits per heavy atom. The Morgan fingerprint density at radius 1 is 1.42 bits per heavy atom. The maximum atomic E-state index is 5.65. The van der Waals surface area contributed by atoms with Gasteiger partial charge in [-0.1, -0.05) is 0 Å². The van der Waals surface area contributed by atoms with Gasteiger partial charge in [0.05, 0.1) is 8.95 Å². The van der Waals surface area contributed by atoms with Crippen LogP contribution in [0.5, 0.6) is 0 Å². The smallest absolute Gasteiger partial charge is 0.152 e. The van der Waals surface area contributed by atoms with Crippen molar-refractivity contribution in [3.63, 3.8) is 0 Å². The van der Waals surface area contributed by atoms with E-state index in [0.717, 1.165) is 14.5 Å². The van der Waals surface area contributed by atoms with Gasteiger partial charge in [-0.05, 0) is 31.9 Å². The van der Waals surface area contributed by atoms with Crippen LogP contribution in [-0.4, -0.2) is 14.6 Å². The second kappa shape index (κ2) is 2.70. The Bertz CT molecular complexity index is 436. The van der Waals surface area contributed by atoms with E-state index in [0.29, 0.717) is 5.82 Å². The van der Waals surface area contributed by atoms with Gasteiger partial charge in [-0.2, -0.15) is 5.10 Å². The molecule has 62 valence electrons. The van der Waals surface area contributed by atoms with Crippen molar-refractivity contribution >= 4 is 43.2 Å². The molecule has 0 aliphatic heterocycles. The van der Waals surface area contributed by atoms with Crippen LogP contribution in [0.15, 0.2) is 21.5 Å². The summed E-state index contributed by atoms with van der Waals surface area (Å²) in [7, 11) is 0. The van der Waals surface area contributed by atoms with Crippen molar-refractivity contribution in [3.05, 3.63) is 21.5 Å². The summed E-state index contributed by atoms with van der Waals surface area (Å²) >= 11 is 6.73. The average Bonchev–Trinajstić information content (AvgIpc) is 2.29. The van der Waals surface area contributed by atoms with E-state index in [1.165, 1.54) is 6.33 Å². The number of halogens is 2. The van der Waals surface area contributed by atoms with Crippen molar-refractivity contribution in [3.8, 4) is 0 Å². The number of hydrogen-bond acceptors (Lipinski definition) is 3. The van der Waals surface area contributed by atoms with Crippen molar-refractivity contribution in [2.45, 2.75) is 0 Å². The minimum Gasteiger partial charge on any atom is -0.382 e. The van der Waals surface area contributed by atoms with Crippen LogP contribution < -0.4 is 5.73 Å². The molecule has 2 rings (SSSR count). The molecule has 0 saturated heterocycles. The first kappa shape index (κ1) is 8.00. The minimum absolute atomic E-state index is 0.461. The van der Waals surface area contributed by atoms with Crippen molar-refractivity contribution in [2.24, 2.45) is 0 Å². The molecule has 0 radical (unpaired) electrons. The van der Waals surface area contributed by atoms with E-state index < -0.39 is 0 Å². The fourth-order valence-corrected chi connectivity index (χ4v) is 1.84. The molecule has 0 aromatic carbocycles. The van der Waals surface area contributed by atoms with Crippen LogP contribution in [0.1, 0.15) is 0 Å². The van der Waals surface area contributed by atoms with Gasteiger partial charge < -0.3 is 5.73 Å². The summed E-state index contributed by atoms with van der Waals surface area (Å²) in [6.07, 6.45) is 3.23. The predicted octanol–water partition coefficient (Wildman–Crippen LogP) is 1.84. The number of nitrogens with zero attached hydrogens (tertiary/aromatic N) is 3. The molecular weight excluding hydrogens is 288 g/mol. The lowest BCUT2D eigenvalue weighted by atomic mass is 10.5. The molecule has 0 spiro atoms. The first-order valence-corrected chi connectivity index (χ1v) is 4.71. The second-order valence-electron chi connectivity index (χ2n) is 2.23. The number of fused-ring (bicyclic) bond motifs is 1. The minimum atomic E-state index is 0.461. The fraction of sp³-hybridized carbons (Fsp3) is 0. The van der Waals surface area contributed by atoms with E-state index in [-0.39, 0.29) is 0 Å². The van der Waals surface area contributed by atoms with Gasteiger partial charge in [0.1, 0.15) is 11.8 Å². The maximum Gasteiger partial charge on any atom is 0.152 e. The van der Waals surface area contributed by atoms with Crippen molar-refractivity contribution in [2.75, 3.05) is 5.73 Å². The summed E-state index contributed by atoms with van der Waals surface area (Å²) < 4.78 is 3.45. The SMILES string of the molecule is Nc1ncnn2cc(Br)c(Br)c12. The number of hydrogen-bond donors (Lipinski definition) is 1. The number of aromatic nitrogens is 3. The lowest BCUT2D eigenvalue weighted by molar-refractivity contribution is 0.906. The van der Waals surface area contributed by atoms with Crippen molar-refractivity contribution < 1.29 is 0 Å². The maximum absolute atomic E-state index is 5.65. The van der Waals surface area contributed by atoms with Gasteiger partial charge in [0, 0.05) is 6.20 Å². The fourth-order valence-electron chi connectivity index (χ4n) is 0.968. The highest BCUT2D eigenvalue weighted by Gasteiger charge is 2.09. The molecule has 2 aromatic heterocycles. The first-order chi connectivity index (χ1) is 5.70. The molecule has 0 amide bonds. The second-order valence-corrected chi connectivity index (χ2v) is 3.88. The number of nitrogen functional groups attached to an aromatic ring is 1. The van der Waals surface area contributed by atoms with Gasteiger partial charge in [-0.3, -0.25) is 0 Å². The van der Waals surface area contributed by atoms with Gasteiger partial charge >= 0.3 is 0 Å². The normalized spacial score (nSPS) is 10.8.